The number of carbonyl (C=O) groups excluding carboxylic acids is 1. The lowest BCUT2D eigenvalue weighted by Crippen LogP contribution is -2.42. The van der Waals surface area contributed by atoms with Gasteiger partial charge < -0.3 is 15.8 Å². The van der Waals surface area contributed by atoms with E-state index in [1.54, 1.807) is 4.68 Å². The fourth-order valence-electron chi connectivity index (χ4n) is 2.13. The first-order chi connectivity index (χ1) is 8.58. The van der Waals surface area contributed by atoms with Gasteiger partial charge in [-0.15, -0.1) is 0 Å². The molecule has 1 aromatic rings. The van der Waals surface area contributed by atoms with E-state index in [-0.39, 0.29) is 18.5 Å². The summed E-state index contributed by atoms with van der Waals surface area (Å²) >= 11 is 0. The summed E-state index contributed by atoms with van der Waals surface area (Å²) in [6.07, 6.45) is 1.97. The number of nitrogens with two attached hydrogens (primary N) is 1. The number of amides is 1. The fourth-order valence-corrected chi connectivity index (χ4v) is 2.13. The summed E-state index contributed by atoms with van der Waals surface area (Å²) in [5.74, 6) is -0.0453. The van der Waals surface area contributed by atoms with E-state index in [2.05, 4.69) is 10.4 Å². The molecular weight excluding hydrogens is 232 g/mol. The Labute approximate surface area is 106 Å². The van der Waals surface area contributed by atoms with Crippen molar-refractivity contribution < 1.29 is 9.53 Å². The number of ether oxygens (including phenoxy) is 1. The zero-order chi connectivity index (χ0) is 13.1. The van der Waals surface area contributed by atoms with E-state index in [9.17, 15) is 4.79 Å². The Bertz CT molecular complexity index is 436. The topological polar surface area (TPSA) is 82.2 Å². The van der Waals surface area contributed by atoms with Crippen LogP contribution in [-0.2, 0) is 16.1 Å². The third-order valence-corrected chi connectivity index (χ3v) is 3.26. The Balaban J connectivity index is 1.92. The number of rotatable bonds is 3. The van der Waals surface area contributed by atoms with Crippen LogP contribution in [0.3, 0.4) is 0 Å². The van der Waals surface area contributed by atoms with Gasteiger partial charge in [-0.05, 0) is 26.7 Å². The highest BCUT2D eigenvalue weighted by Crippen LogP contribution is 2.14. The molecule has 1 aliphatic heterocycles. The Kier molecular flexibility index (Phi) is 3.86. The van der Waals surface area contributed by atoms with Crippen LogP contribution in [-0.4, -0.2) is 34.9 Å². The largest absolute Gasteiger partial charge is 0.396 e. The molecule has 18 heavy (non-hydrogen) atoms. The Hall–Kier alpha value is -1.56. The lowest BCUT2D eigenvalue weighted by molar-refractivity contribution is -0.123. The van der Waals surface area contributed by atoms with Gasteiger partial charge in [-0.2, -0.15) is 5.10 Å². The average molecular weight is 252 g/mol. The van der Waals surface area contributed by atoms with Gasteiger partial charge in [0.1, 0.15) is 6.54 Å². The molecule has 6 nitrogen and oxygen atoms in total. The van der Waals surface area contributed by atoms with Gasteiger partial charge in [-0.25, -0.2) is 0 Å². The van der Waals surface area contributed by atoms with Gasteiger partial charge >= 0.3 is 0 Å². The molecule has 1 unspecified atom stereocenters. The normalized spacial score (nSPS) is 19.8. The van der Waals surface area contributed by atoms with Crippen molar-refractivity contribution in [2.75, 3.05) is 18.9 Å². The minimum absolute atomic E-state index is 0.0453. The van der Waals surface area contributed by atoms with Crippen LogP contribution in [0, 0.1) is 13.8 Å². The first kappa shape index (κ1) is 12.9. The van der Waals surface area contributed by atoms with Crippen molar-refractivity contribution in [2.45, 2.75) is 39.3 Å². The summed E-state index contributed by atoms with van der Waals surface area (Å²) in [7, 11) is 0. The van der Waals surface area contributed by atoms with Gasteiger partial charge in [0.15, 0.2) is 0 Å². The van der Waals surface area contributed by atoms with Crippen LogP contribution in [0.15, 0.2) is 0 Å². The zero-order valence-electron chi connectivity index (χ0n) is 10.9. The molecule has 1 saturated heterocycles. The van der Waals surface area contributed by atoms with E-state index in [1.807, 2.05) is 13.8 Å². The summed E-state index contributed by atoms with van der Waals surface area (Å²) in [6.45, 7) is 5.31. The molecule has 1 fully saturated rings. The van der Waals surface area contributed by atoms with Gasteiger partial charge in [0.2, 0.25) is 5.91 Å². The molecule has 1 atom stereocenters. The van der Waals surface area contributed by atoms with E-state index in [0.717, 1.165) is 30.8 Å². The number of nitrogens with zero attached hydrogens (tertiary/aromatic N) is 2. The second-order valence-corrected chi connectivity index (χ2v) is 4.72. The third kappa shape index (κ3) is 2.81. The Morgan fingerprint density at radius 1 is 1.61 bits per heavy atom. The quantitative estimate of drug-likeness (QED) is 0.814. The predicted octanol–water partition coefficient (Wildman–Crippen LogP) is 0.377. The molecule has 0 spiro atoms. The zero-order valence-corrected chi connectivity index (χ0v) is 10.9. The number of aromatic nitrogens is 2. The predicted molar refractivity (Wildman–Crippen MR) is 68.1 cm³/mol. The maximum Gasteiger partial charge on any atom is 0.242 e. The number of nitrogens with one attached hydrogen (secondary N) is 1. The number of hydrogen-bond acceptors (Lipinski definition) is 4. The number of hydrogen-bond donors (Lipinski definition) is 2. The van der Waals surface area contributed by atoms with Crippen LogP contribution >= 0.6 is 0 Å². The molecule has 100 valence electrons. The Morgan fingerprint density at radius 3 is 2.94 bits per heavy atom. The monoisotopic (exact) mass is 252 g/mol. The van der Waals surface area contributed by atoms with Crippen molar-refractivity contribution in [1.82, 2.24) is 15.1 Å². The van der Waals surface area contributed by atoms with Crippen LogP contribution in [0.2, 0.25) is 0 Å². The first-order valence-corrected chi connectivity index (χ1v) is 6.24. The minimum Gasteiger partial charge on any atom is -0.396 e. The number of nitrogen functional groups attached to an aromatic ring is 1. The van der Waals surface area contributed by atoms with Crippen molar-refractivity contribution in [3.8, 4) is 0 Å². The fraction of sp³-hybridized carbons (Fsp3) is 0.667. The van der Waals surface area contributed by atoms with Gasteiger partial charge in [0.05, 0.1) is 29.7 Å². The summed E-state index contributed by atoms with van der Waals surface area (Å²) in [4.78, 5) is 11.9. The SMILES string of the molecule is Cc1nn(CC(=O)NC2CCCOC2)c(C)c1N. The molecule has 0 radical (unpaired) electrons. The Morgan fingerprint density at radius 2 is 2.39 bits per heavy atom. The van der Waals surface area contributed by atoms with Crippen molar-refractivity contribution in [3.05, 3.63) is 11.4 Å². The van der Waals surface area contributed by atoms with Crippen LogP contribution < -0.4 is 11.1 Å². The molecule has 0 aromatic carbocycles. The van der Waals surface area contributed by atoms with Crippen molar-refractivity contribution in [1.29, 1.82) is 0 Å². The second kappa shape index (κ2) is 5.39. The molecule has 1 aromatic heterocycles. The van der Waals surface area contributed by atoms with Gasteiger partial charge in [0, 0.05) is 6.61 Å². The van der Waals surface area contributed by atoms with E-state index >= 15 is 0 Å². The molecule has 0 aliphatic carbocycles. The smallest absolute Gasteiger partial charge is 0.242 e. The lowest BCUT2D eigenvalue weighted by atomic mass is 10.1. The highest BCUT2D eigenvalue weighted by atomic mass is 16.5. The van der Waals surface area contributed by atoms with Crippen LogP contribution in [0.5, 0.6) is 0 Å². The molecule has 1 amide bonds. The number of aryl methyl sites for hydroxylation is 1. The highest BCUT2D eigenvalue weighted by Gasteiger charge is 2.17. The van der Waals surface area contributed by atoms with Crippen molar-refractivity contribution in [2.24, 2.45) is 0 Å². The van der Waals surface area contributed by atoms with Crippen LogP contribution in [0.1, 0.15) is 24.2 Å². The minimum atomic E-state index is -0.0453. The number of anilines is 1. The molecule has 6 heteroatoms. The van der Waals surface area contributed by atoms with E-state index in [1.165, 1.54) is 0 Å². The van der Waals surface area contributed by atoms with E-state index in [0.29, 0.717) is 12.3 Å². The lowest BCUT2D eigenvalue weighted by Gasteiger charge is -2.23. The molecule has 0 bridgehead atoms. The van der Waals surface area contributed by atoms with Crippen LogP contribution in [0.4, 0.5) is 5.69 Å². The maximum atomic E-state index is 11.9. The molecule has 1 aliphatic rings. The summed E-state index contributed by atoms with van der Waals surface area (Å²) in [5, 5.41) is 7.20. The van der Waals surface area contributed by atoms with E-state index in [4.69, 9.17) is 10.5 Å². The summed E-state index contributed by atoms with van der Waals surface area (Å²) < 4.78 is 6.97. The molecular formula is C12H20N4O2. The summed E-state index contributed by atoms with van der Waals surface area (Å²) in [6, 6.07) is 0.126. The third-order valence-electron chi connectivity index (χ3n) is 3.26. The molecule has 3 N–H and O–H groups in total. The standard InChI is InChI=1S/C12H20N4O2/c1-8-12(13)9(2)16(15-8)6-11(17)14-10-4-3-5-18-7-10/h10H,3-7,13H2,1-2H3,(H,14,17). The molecule has 0 saturated carbocycles. The molecule has 2 rings (SSSR count). The first-order valence-electron chi connectivity index (χ1n) is 6.24. The van der Waals surface area contributed by atoms with Crippen LogP contribution in [0.25, 0.3) is 0 Å². The van der Waals surface area contributed by atoms with Gasteiger partial charge in [-0.3, -0.25) is 9.48 Å². The van der Waals surface area contributed by atoms with E-state index < -0.39 is 0 Å². The maximum absolute atomic E-state index is 11.9. The molecule has 2 heterocycles. The highest BCUT2D eigenvalue weighted by molar-refractivity contribution is 5.76. The average Bonchev–Trinajstić information content (AvgIpc) is 2.58. The van der Waals surface area contributed by atoms with Crippen molar-refractivity contribution in [3.63, 3.8) is 0 Å². The van der Waals surface area contributed by atoms with Crippen molar-refractivity contribution >= 4 is 11.6 Å². The second-order valence-electron chi connectivity index (χ2n) is 4.72. The van der Waals surface area contributed by atoms with Gasteiger partial charge in [0.25, 0.3) is 0 Å². The van der Waals surface area contributed by atoms with Gasteiger partial charge in [-0.1, -0.05) is 0 Å². The summed E-state index contributed by atoms with van der Waals surface area (Å²) in [5.41, 5.74) is 8.08. The number of carbonyl (C=O) groups is 1.